The maximum Gasteiger partial charge on any atom is 0.241 e. The summed E-state index contributed by atoms with van der Waals surface area (Å²) >= 11 is 1.87. The Bertz CT molecular complexity index is 436. The number of carbonyl (C=O) groups is 1. The summed E-state index contributed by atoms with van der Waals surface area (Å²) in [5.41, 5.74) is 6.65. The molecule has 6 heteroatoms. The Hall–Kier alpha value is -1.05. The Balaban J connectivity index is 2.69. The molecule has 0 saturated heterocycles. The van der Waals surface area contributed by atoms with Crippen LogP contribution in [0.2, 0.25) is 0 Å². The van der Waals surface area contributed by atoms with Gasteiger partial charge in [-0.05, 0) is 42.5 Å². The van der Waals surface area contributed by atoms with E-state index < -0.39 is 0 Å². The Labute approximate surface area is 120 Å². The molecule has 0 aliphatic carbocycles. The third kappa shape index (κ3) is 3.72. The monoisotopic (exact) mass is 365 g/mol. The van der Waals surface area contributed by atoms with E-state index in [1.54, 1.807) is 11.0 Å². The van der Waals surface area contributed by atoms with Gasteiger partial charge in [0.05, 0.1) is 21.5 Å². The molecule has 1 aromatic rings. The molecule has 100 valence electrons. The first-order chi connectivity index (χ1) is 8.49. The minimum absolute atomic E-state index is 0.0293. The fourth-order valence-corrected chi connectivity index (χ4v) is 2.07. The molecular weight excluding hydrogens is 348 g/mol. The highest BCUT2D eigenvalue weighted by Gasteiger charge is 2.11. The van der Waals surface area contributed by atoms with E-state index >= 15 is 0 Å². The van der Waals surface area contributed by atoms with Gasteiger partial charge in [0.1, 0.15) is 5.82 Å². The molecule has 0 atom stereocenters. The minimum Gasteiger partial charge on any atom is -0.397 e. The lowest BCUT2D eigenvalue weighted by molar-refractivity contribution is -0.128. The van der Waals surface area contributed by atoms with E-state index in [0.29, 0.717) is 28.0 Å². The number of nitrogen functional groups attached to an aromatic ring is 1. The molecule has 0 saturated carbocycles. The van der Waals surface area contributed by atoms with Gasteiger partial charge < -0.3 is 16.0 Å². The van der Waals surface area contributed by atoms with Crippen LogP contribution < -0.4 is 11.1 Å². The van der Waals surface area contributed by atoms with Gasteiger partial charge in [0.15, 0.2) is 0 Å². The zero-order chi connectivity index (χ0) is 13.7. The van der Waals surface area contributed by atoms with Crippen molar-refractivity contribution in [1.82, 2.24) is 4.90 Å². The fourth-order valence-electron chi connectivity index (χ4n) is 1.57. The molecule has 0 radical (unpaired) electrons. The van der Waals surface area contributed by atoms with Crippen LogP contribution in [0.25, 0.3) is 0 Å². The lowest BCUT2D eigenvalue weighted by Gasteiger charge is -2.19. The van der Waals surface area contributed by atoms with Gasteiger partial charge in [0, 0.05) is 19.2 Å². The van der Waals surface area contributed by atoms with Crippen LogP contribution in [-0.4, -0.2) is 30.4 Å². The van der Waals surface area contributed by atoms with Gasteiger partial charge in [0.25, 0.3) is 0 Å². The van der Waals surface area contributed by atoms with Gasteiger partial charge in [-0.3, -0.25) is 4.79 Å². The molecule has 0 spiro atoms. The highest BCUT2D eigenvalue weighted by Crippen LogP contribution is 2.23. The van der Waals surface area contributed by atoms with Crippen LogP contribution in [0.4, 0.5) is 15.8 Å². The molecule has 0 fully saturated rings. The van der Waals surface area contributed by atoms with Crippen LogP contribution in [0, 0.1) is 9.39 Å². The van der Waals surface area contributed by atoms with E-state index in [9.17, 15) is 9.18 Å². The second kappa shape index (κ2) is 6.77. The molecule has 0 bridgehead atoms. The molecule has 3 N–H and O–H groups in total. The van der Waals surface area contributed by atoms with Gasteiger partial charge in [-0.25, -0.2) is 4.39 Å². The maximum absolute atomic E-state index is 13.4. The largest absolute Gasteiger partial charge is 0.397 e. The predicted octanol–water partition coefficient (Wildman–Crippen LogP) is 2.29. The van der Waals surface area contributed by atoms with Crippen LogP contribution in [0.15, 0.2) is 12.1 Å². The number of amides is 1. The van der Waals surface area contributed by atoms with Crippen LogP contribution in [-0.2, 0) is 4.79 Å². The third-order valence-corrected chi connectivity index (χ3v) is 3.47. The molecule has 0 aromatic heterocycles. The molecule has 0 heterocycles. The smallest absolute Gasteiger partial charge is 0.241 e. The second-order valence-electron chi connectivity index (χ2n) is 3.77. The number of anilines is 2. The zero-order valence-corrected chi connectivity index (χ0v) is 12.6. The second-order valence-corrected chi connectivity index (χ2v) is 4.94. The van der Waals surface area contributed by atoms with Gasteiger partial charge in [0.2, 0.25) is 5.91 Å². The van der Waals surface area contributed by atoms with Crippen molar-refractivity contribution in [3.8, 4) is 0 Å². The summed E-state index contributed by atoms with van der Waals surface area (Å²) < 4.78 is 13.8. The average molecular weight is 365 g/mol. The summed E-state index contributed by atoms with van der Waals surface area (Å²) in [4.78, 5) is 13.5. The van der Waals surface area contributed by atoms with Crippen molar-refractivity contribution < 1.29 is 9.18 Å². The summed E-state index contributed by atoms with van der Waals surface area (Å²) in [5, 5.41) is 2.87. The van der Waals surface area contributed by atoms with Crippen LogP contribution in [0.5, 0.6) is 0 Å². The summed E-state index contributed by atoms with van der Waals surface area (Å²) in [6.07, 6.45) is 0. The van der Waals surface area contributed by atoms with Crippen LogP contribution in [0.1, 0.15) is 13.8 Å². The van der Waals surface area contributed by atoms with E-state index in [-0.39, 0.29) is 18.3 Å². The third-order valence-electron chi connectivity index (χ3n) is 2.64. The number of hydrogen-bond acceptors (Lipinski definition) is 3. The van der Waals surface area contributed by atoms with E-state index in [1.807, 2.05) is 36.4 Å². The minimum atomic E-state index is -0.345. The Morgan fingerprint density at radius 2 is 2.06 bits per heavy atom. The normalized spacial score (nSPS) is 10.2. The number of benzene rings is 1. The first kappa shape index (κ1) is 15.0. The number of rotatable bonds is 5. The molecule has 0 unspecified atom stereocenters. The van der Waals surface area contributed by atoms with Crippen molar-refractivity contribution in [2.75, 3.05) is 30.7 Å². The van der Waals surface area contributed by atoms with Gasteiger partial charge >= 0.3 is 0 Å². The Kier molecular flexibility index (Phi) is 5.64. The van der Waals surface area contributed by atoms with E-state index in [2.05, 4.69) is 5.32 Å². The molecule has 0 aliphatic heterocycles. The number of halogens is 2. The summed E-state index contributed by atoms with van der Waals surface area (Å²) in [7, 11) is 0. The summed E-state index contributed by atoms with van der Waals surface area (Å²) in [6.45, 7) is 5.27. The molecule has 1 amide bonds. The first-order valence-electron chi connectivity index (χ1n) is 5.75. The number of nitrogens with zero attached hydrogens (tertiary/aromatic N) is 1. The summed E-state index contributed by atoms with van der Waals surface area (Å²) in [5.74, 6) is -0.374. The number of nitrogens with one attached hydrogen (secondary N) is 1. The topological polar surface area (TPSA) is 58.4 Å². The van der Waals surface area contributed by atoms with Crippen molar-refractivity contribution in [2.24, 2.45) is 0 Å². The fraction of sp³-hybridized carbons (Fsp3) is 0.417. The average Bonchev–Trinajstić information content (AvgIpc) is 2.33. The standard InChI is InChI=1S/C12H17FIN3O/c1-3-17(4-2)12(18)7-16-11-5-8(13)9(14)6-10(11)15/h5-6,16H,3-4,7,15H2,1-2H3. The van der Waals surface area contributed by atoms with Crippen molar-refractivity contribution in [3.63, 3.8) is 0 Å². The highest BCUT2D eigenvalue weighted by molar-refractivity contribution is 14.1. The van der Waals surface area contributed by atoms with E-state index in [4.69, 9.17) is 5.73 Å². The van der Waals surface area contributed by atoms with Gasteiger partial charge in [-0.15, -0.1) is 0 Å². The van der Waals surface area contributed by atoms with Crippen LogP contribution >= 0.6 is 22.6 Å². The number of carbonyl (C=O) groups excluding carboxylic acids is 1. The Morgan fingerprint density at radius 1 is 1.44 bits per heavy atom. The van der Waals surface area contributed by atoms with Gasteiger partial charge in [-0.2, -0.15) is 0 Å². The van der Waals surface area contributed by atoms with Crippen molar-refractivity contribution >= 4 is 39.9 Å². The molecule has 1 aromatic carbocycles. The number of hydrogen-bond donors (Lipinski definition) is 2. The lowest BCUT2D eigenvalue weighted by Crippen LogP contribution is -2.35. The van der Waals surface area contributed by atoms with Gasteiger partial charge in [-0.1, -0.05) is 0 Å². The molecule has 1 rings (SSSR count). The SMILES string of the molecule is CCN(CC)C(=O)CNc1cc(F)c(I)cc1N. The number of likely N-dealkylation sites (N-methyl/N-ethyl adjacent to an activating group) is 1. The van der Waals surface area contributed by atoms with E-state index in [1.165, 1.54) is 6.07 Å². The predicted molar refractivity (Wildman–Crippen MR) is 79.9 cm³/mol. The van der Waals surface area contributed by atoms with Crippen molar-refractivity contribution in [2.45, 2.75) is 13.8 Å². The lowest BCUT2D eigenvalue weighted by atomic mass is 10.2. The number of nitrogens with two attached hydrogens (primary N) is 1. The quantitative estimate of drug-likeness (QED) is 0.622. The highest BCUT2D eigenvalue weighted by atomic mass is 127. The molecular formula is C12H17FIN3O. The molecule has 18 heavy (non-hydrogen) atoms. The maximum atomic E-state index is 13.4. The summed E-state index contributed by atoms with van der Waals surface area (Å²) in [6, 6.07) is 2.85. The Morgan fingerprint density at radius 3 is 2.61 bits per heavy atom. The van der Waals surface area contributed by atoms with Crippen molar-refractivity contribution in [1.29, 1.82) is 0 Å². The first-order valence-corrected chi connectivity index (χ1v) is 6.83. The molecule has 4 nitrogen and oxygen atoms in total. The van der Waals surface area contributed by atoms with Crippen molar-refractivity contribution in [3.05, 3.63) is 21.5 Å². The zero-order valence-electron chi connectivity index (χ0n) is 10.5. The molecule has 0 aliphatic rings. The van der Waals surface area contributed by atoms with Crippen LogP contribution in [0.3, 0.4) is 0 Å². The van der Waals surface area contributed by atoms with E-state index in [0.717, 1.165) is 0 Å².